The van der Waals surface area contributed by atoms with Gasteiger partial charge in [0, 0.05) is 0 Å². The van der Waals surface area contributed by atoms with Gasteiger partial charge in [0.15, 0.2) is 6.04 Å². The number of carbonyl (C=O) groups excluding carboxylic acids is 3. The predicted molar refractivity (Wildman–Crippen MR) is 96.1 cm³/mol. The maximum atomic E-state index is 12.6. The Morgan fingerprint density at radius 3 is 2.07 bits per heavy atom. The molecule has 1 heterocycles. The third-order valence-electron chi connectivity index (χ3n) is 3.53. The quantitative estimate of drug-likeness (QED) is 0.256. The lowest BCUT2D eigenvalue weighted by Crippen LogP contribution is -2.57. The molecule has 0 fully saturated rings. The number of hydrogen-bond donors (Lipinski definition) is 1. The summed E-state index contributed by atoms with van der Waals surface area (Å²) in [5, 5.41) is 10.7. The Morgan fingerprint density at radius 1 is 1.11 bits per heavy atom. The Balaban J connectivity index is 3.14. The minimum Gasteiger partial charge on any atom is -0.467 e. The maximum absolute atomic E-state index is 12.6. The molecule has 1 rings (SSSR count). The highest BCUT2D eigenvalue weighted by Crippen LogP contribution is 2.25. The summed E-state index contributed by atoms with van der Waals surface area (Å²) in [4.78, 5) is 38.1. The van der Waals surface area contributed by atoms with Gasteiger partial charge in [-0.15, -0.1) is 0 Å². The molecule has 0 aromatic carbocycles. The number of nitrogens with zero attached hydrogens (tertiary/aromatic N) is 2. The predicted octanol–water partition coefficient (Wildman–Crippen LogP) is 2.72. The highest BCUT2D eigenvalue weighted by Gasteiger charge is 2.41. The molecule has 0 radical (unpaired) electrons. The molecule has 27 heavy (non-hydrogen) atoms. The molecule has 0 aromatic heterocycles. The lowest BCUT2D eigenvalue weighted by atomic mass is 9.98. The fourth-order valence-corrected chi connectivity index (χ4v) is 2.52. The van der Waals surface area contributed by atoms with E-state index in [0.717, 1.165) is 4.90 Å². The van der Waals surface area contributed by atoms with E-state index in [2.05, 4.69) is 0 Å². The summed E-state index contributed by atoms with van der Waals surface area (Å²) in [7, 11) is 1.22. The smallest absolute Gasteiger partial charge is 0.434 e. The SMILES string of the molecule is COC(=O)[C@@H]1C(C)=C[C@@H](N(O)C(=O)OC(C)(C)C)CN1C(=O)OC(C)(C)C. The zero-order valence-electron chi connectivity index (χ0n) is 17.2. The van der Waals surface area contributed by atoms with Crippen molar-refractivity contribution >= 4 is 18.2 Å². The van der Waals surface area contributed by atoms with Gasteiger partial charge in [-0.05, 0) is 54.0 Å². The van der Waals surface area contributed by atoms with E-state index >= 15 is 0 Å². The summed E-state index contributed by atoms with van der Waals surface area (Å²) in [6, 6.07) is -1.92. The van der Waals surface area contributed by atoms with E-state index in [1.54, 1.807) is 48.5 Å². The van der Waals surface area contributed by atoms with Gasteiger partial charge in [-0.2, -0.15) is 5.06 Å². The van der Waals surface area contributed by atoms with Crippen LogP contribution in [0.2, 0.25) is 0 Å². The Morgan fingerprint density at radius 2 is 1.63 bits per heavy atom. The fourth-order valence-electron chi connectivity index (χ4n) is 2.52. The van der Waals surface area contributed by atoms with Crippen LogP contribution in [0.4, 0.5) is 9.59 Å². The van der Waals surface area contributed by atoms with Crippen LogP contribution < -0.4 is 0 Å². The highest BCUT2D eigenvalue weighted by molar-refractivity contribution is 5.85. The molecule has 0 aromatic rings. The topological polar surface area (TPSA) is 106 Å². The summed E-state index contributed by atoms with van der Waals surface area (Å²) >= 11 is 0. The van der Waals surface area contributed by atoms with Crippen LogP contribution in [0, 0.1) is 0 Å². The van der Waals surface area contributed by atoms with Crippen molar-refractivity contribution in [3.8, 4) is 0 Å². The van der Waals surface area contributed by atoms with Gasteiger partial charge in [0.2, 0.25) is 0 Å². The van der Waals surface area contributed by atoms with Gasteiger partial charge in [0.05, 0.1) is 19.7 Å². The molecule has 0 saturated carbocycles. The van der Waals surface area contributed by atoms with Crippen molar-refractivity contribution in [2.45, 2.75) is 71.8 Å². The molecule has 9 nitrogen and oxygen atoms in total. The lowest BCUT2D eigenvalue weighted by Gasteiger charge is -2.39. The van der Waals surface area contributed by atoms with Gasteiger partial charge in [0.25, 0.3) is 0 Å². The monoisotopic (exact) mass is 386 g/mol. The second-order valence-corrected chi connectivity index (χ2v) is 8.36. The van der Waals surface area contributed by atoms with Crippen LogP contribution in [0.5, 0.6) is 0 Å². The van der Waals surface area contributed by atoms with Crippen molar-refractivity contribution in [1.29, 1.82) is 0 Å². The number of hydrogen-bond acceptors (Lipinski definition) is 7. The van der Waals surface area contributed by atoms with E-state index in [0.29, 0.717) is 10.6 Å². The molecular formula is C18H30N2O7. The summed E-state index contributed by atoms with van der Waals surface area (Å²) in [6.07, 6.45) is -0.197. The van der Waals surface area contributed by atoms with E-state index in [4.69, 9.17) is 14.2 Å². The Hall–Kier alpha value is -2.29. The lowest BCUT2D eigenvalue weighted by molar-refractivity contribution is -0.148. The Labute approximate surface area is 159 Å². The van der Waals surface area contributed by atoms with Crippen molar-refractivity contribution in [2.75, 3.05) is 13.7 Å². The first-order valence-corrected chi connectivity index (χ1v) is 8.63. The summed E-state index contributed by atoms with van der Waals surface area (Å²) in [6.45, 7) is 11.5. The second kappa shape index (κ2) is 8.16. The van der Waals surface area contributed by atoms with E-state index in [1.807, 2.05) is 0 Å². The van der Waals surface area contributed by atoms with Crippen molar-refractivity contribution in [2.24, 2.45) is 0 Å². The first-order chi connectivity index (χ1) is 12.2. The first kappa shape index (κ1) is 22.8. The molecule has 1 aliphatic rings. The minimum atomic E-state index is -1.01. The number of carbonyl (C=O) groups is 3. The van der Waals surface area contributed by atoms with E-state index in [-0.39, 0.29) is 6.54 Å². The molecule has 1 aliphatic heterocycles. The Kier molecular flexibility index (Phi) is 6.88. The van der Waals surface area contributed by atoms with Crippen molar-refractivity contribution in [1.82, 2.24) is 9.96 Å². The fraction of sp³-hybridized carbons (Fsp3) is 0.722. The zero-order valence-corrected chi connectivity index (χ0v) is 17.2. The molecule has 0 unspecified atom stereocenters. The van der Waals surface area contributed by atoms with Crippen LogP contribution in [0.3, 0.4) is 0 Å². The van der Waals surface area contributed by atoms with Crippen LogP contribution in [-0.4, -0.2) is 70.3 Å². The summed E-state index contributed by atoms with van der Waals surface area (Å²) in [5.41, 5.74) is -1.15. The molecule has 2 atom stereocenters. The average Bonchev–Trinajstić information content (AvgIpc) is 2.49. The molecule has 2 amide bonds. The third kappa shape index (κ3) is 6.42. The first-order valence-electron chi connectivity index (χ1n) is 8.63. The van der Waals surface area contributed by atoms with Crippen LogP contribution >= 0.6 is 0 Å². The van der Waals surface area contributed by atoms with Gasteiger partial charge in [-0.1, -0.05) is 6.08 Å². The van der Waals surface area contributed by atoms with Gasteiger partial charge >= 0.3 is 18.2 Å². The van der Waals surface area contributed by atoms with Crippen LogP contribution in [0.15, 0.2) is 11.6 Å². The van der Waals surface area contributed by atoms with Crippen LogP contribution in [0.1, 0.15) is 48.5 Å². The van der Waals surface area contributed by atoms with E-state index in [9.17, 15) is 19.6 Å². The number of hydroxylamine groups is 2. The molecule has 0 saturated heterocycles. The van der Waals surface area contributed by atoms with Crippen molar-refractivity contribution < 1.29 is 33.8 Å². The van der Waals surface area contributed by atoms with E-state index in [1.165, 1.54) is 13.2 Å². The number of methoxy groups -OCH3 is 1. The molecule has 9 heteroatoms. The Bertz CT molecular complexity index is 616. The highest BCUT2D eigenvalue weighted by atomic mass is 16.6. The van der Waals surface area contributed by atoms with E-state index < -0.39 is 41.4 Å². The number of rotatable bonds is 2. The van der Waals surface area contributed by atoms with Gasteiger partial charge in [-0.3, -0.25) is 10.1 Å². The maximum Gasteiger partial charge on any atom is 0.434 e. The van der Waals surface area contributed by atoms with Gasteiger partial charge < -0.3 is 14.2 Å². The molecule has 0 spiro atoms. The number of amides is 2. The molecular weight excluding hydrogens is 356 g/mol. The third-order valence-corrected chi connectivity index (χ3v) is 3.53. The molecule has 154 valence electrons. The van der Waals surface area contributed by atoms with Crippen LogP contribution in [0.25, 0.3) is 0 Å². The number of ether oxygens (including phenoxy) is 3. The summed E-state index contributed by atoms with van der Waals surface area (Å²) in [5.74, 6) is -0.644. The molecule has 0 aliphatic carbocycles. The second-order valence-electron chi connectivity index (χ2n) is 8.36. The van der Waals surface area contributed by atoms with Crippen LogP contribution in [-0.2, 0) is 19.0 Å². The van der Waals surface area contributed by atoms with Crippen molar-refractivity contribution in [3.05, 3.63) is 11.6 Å². The molecule has 1 N–H and O–H groups in total. The number of esters is 1. The standard InChI is InChI=1S/C18H30N2O7/c1-11-9-12(20(24)16(23)27-18(5,6)7)10-19(13(11)14(21)25-8)15(22)26-17(2,3)4/h9,12-13,24H,10H2,1-8H3/t12-,13+/m1/s1. The molecule has 0 bridgehead atoms. The normalized spacial score (nSPS) is 20.5. The summed E-state index contributed by atoms with van der Waals surface area (Å²) < 4.78 is 15.3. The average molecular weight is 386 g/mol. The minimum absolute atomic E-state index is 0.165. The zero-order chi connectivity index (χ0) is 21.2. The van der Waals surface area contributed by atoms with Crippen molar-refractivity contribution in [3.63, 3.8) is 0 Å². The van der Waals surface area contributed by atoms with Gasteiger partial charge in [-0.25, -0.2) is 14.4 Å². The van der Waals surface area contributed by atoms with Gasteiger partial charge in [0.1, 0.15) is 11.2 Å². The largest absolute Gasteiger partial charge is 0.467 e.